The van der Waals surface area contributed by atoms with Gasteiger partial charge in [0.05, 0.1) is 24.1 Å². The van der Waals surface area contributed by atoms with Gasteiger partial charge in [-0.2, -0.15) is 0 Å². The van der Waals surface area contributed by atoms with Crippen molar-refractivity contribution >= 4 is 5.82 Å². The standard InChI is InChI=1S/C13H22N4O/c1-10-9-15-11(2)13(16-10)17-6-3-12(4-7-17)18-8-5-14/h9,12H,3-8,14H2,1-2H3. The molecule has 100 valence electrons. The van der Waals surface area contributed by atoms with Crippen molar-refractivity contribution in [2.24, 2.45) is 5.73 Å². The number of hydrogen-bond donors (Lipinski definition) is 1. The zero-order valence-corrected chi connectivity index (χ0v) is 11.2. The molecular weight excluding hydrogens is 228 g/mol. The molecule has 0 unspecified atom stereocenters. The molecule has 1 aliphatic rings. The first-order chi connectivity index (χ1) is 8.70. The monoisotopic (exact) mass is 250 g/mol. The van der Waals surface area contributed by atoms with Crippen LogP contribution < -0.4 is 10.6 Å². The van der Waals surface area contributed by atoms with Gasteiger partial charge in [0.1, 0.15) is 5.82 Å². The lowest BCUT2D eigenvalue weighted by Gasteiger charge is -2.33. The molecule has 2 N–H and O–H groups in total. The summed E-state index contributed by atoms with van der Waals surface area (Å²) >= 11 is 0. The van der Waals surface area contributed by atoms with E-state index >= 15 is 0 Å². The summed E-state index contributed by atoms with van der Waals surface area (Å²) in [7, 11) is 0. The van der Waals surface area contributed by atoms with Gasteiger partial charge in [-0.05, 0) is 26.7 Å². The molecule has 0 aromatic carbocycles. The van der Waals surface area contributed by atoms with E-state index in [2.05, 4.69) is 14.9 Å². The molecule has 0 radical (unpaired) electrons. The van der Waals surface area contributed by atoms with Gasteiger partial charge in [0.25, 0.3) is 0 Å². The van der Waals surface area contributed by atoms with E-state index in [0.29, 0.717) is 19.3 Å². The van der Waals surface area contributed by atoms with Crippen molar-refractivity contribution < 1.29 is 4.74 Å². The first-order valence-electron chi connectivity index (χ1n) is 6.57. The van der Waals surface area contributed by atoms with E-state index in [1.54, 1.807) is 0 Å². The average molecular weight is 250 g/mol. The van der Waals surface area contributed by atoms with Crippen LogP contribution in [0, 0.1) is 13.8 Å². The van der Waals surface area contributed by atoms with E-state index in [0.717, 1.165) is 43.1 Å². The van der Waals surface area contributed by atoms with Crippen LogP contribution in [0.1, 0.15) is 24.2 Å². The second kappa shape index (κ2) is 6.11. The molecule has 0 spiro atoms. The van der Waals surface area contributed by atoms with Gasteiger partial charge in [0.2, 0.25) is 0 Å². The van der Waals surface area contributed by atoms with Crippen LogP contribution in [0.25, 0.3) is 0 Å². The Morgan fingerprint density at radius 2 is 2.11 bits per heavy atom. The van der Waals surface area contributed by atoms with Gasteiger partial charge in [-0.3, -0.25) is 4.98 Å². The maximum absolute atomic E-state index is 5.68. The Balaban J connectivity index is 1.94. The van der Waals surface area contributed by atoms with Crippen LogP contribution in [0.2, 0.25) is 0 Å². The van der Waals surface area contributed by atoms with Crippen molar-refractivity contribution in [1.29, 1.82) is 0 Å². The van der Waals surface area contributed by atoms with Gasteiger partial charge in [0, 0.05) is 25.8 Å². The number of ether oxygens (including phenoxy) is 1. The highest BCUT2D eigenvalue weighted by molar-refractivity contribution is 5.43. The minimum atomic E-state index is 0.350. The summed E-state index contributed by atoms with van der Waals surface area (Å²) in [5.41, 5.74) is 7.42. The molecule has 2 heterocycles. The summed E-state index contributed by atoms with van der Waals surface area (Å²) in [4.78, 5) is 11.3. The number of hydrogen-bond acceptors (Lipinski definition) is 5. The summed E-state index contributed by atoms with van der Waals surface area (Å²) in [6.45, 7) is 7.21. The first-order valence-corrected chi connectivity index (χ1v) is 6.57. The van der Waals surface area contributed by atoms with E-state index in [9.17, 15) is 0 Å². The Morgan fingerprint density at radius 1 is 1.39 bits per heavy atom. The number of anilines is 1. The zero-order valence-electron chi connectivity index (χ0n) is 11.2. The van der Waals surface area contributed by atoms with Crippen molar-refractivity contribution in [2.75, 3.05) is 31.1 Å². The second-order valence-corrected chi connectivity index (χ2v) is 4.77. The van der Waals surface area contributed by atoms with E-state index in [-0.39, 0.29) is 0 Å². The molecule has 0 saturated carbocycles. The lowest BCUT2D eigenvalue weighted by molar-refractivity contribution is 0.0421. The maximum atomic E-state index is 5.68. The Morgan fingerprint density at radius 3 is 2.78 bits per heavy atom. The average Bonchev–Trinajstić information content (AvgIpc) is 2.40. The number of aryl methyl sites for hydroxylation is 2. The molecule has 5 heteroatoms. The van der Waals surface area contributed by atoms with Crippen LogP contribution in [0.15, 0.2) is 6.20 Å². The van der Waals surface area contributed by atoms with Crippen molar-refractivity contribution in [1.82, 2.24) is 9.97 Å². The summed E-state index contributed by atoms with van der Waals surface area (Å²) in [5, 5.41) is 0. The smallest absolute Gasteiger partial charge is 0.150 e. The minimum absolute atomic E-state index is 0.350. The van der Waals surface area contributed by atoms with Gasteiger partial charge in [0.15, 0.2) is 0 Å². The van der Waals surface area contributed by atoms with Gasteiger partial charge in [-0.1, -0.05) is 0 Å². The minimum Gasteiger partial charge on any atom is -0.377 e. The Labute approximate surface area is 108 Å². The maximum Gasteiger partial charge on any atom is 0.150 e. The fraction of sp³-hybridized carbons (Fsp3) is 0.692. The molecular formula is C13H22N4O. The zero-order chi connectivity index (χ0) is 13.0. The predicted octanol–water partition coefficient (Wildman–Crippen LogP) is 1.04. The third-order valence-corrected chi connectivity index (χ3v) is 3.26. The Bertz CT molecular complexity index is 389. The molecule has 0 bridgehead atoms. The molecule has 5 nitrogen and oxygen atoms in total. The van der Waals surface area contributed by atoms with E-state index in [1.807, 2.05) is 20.0 Å². The highest BCUT2D eigenvalue weighted by Gasteiger charge is 2.21. The normalized spacial score (nSPS) is 17.2. The molecule has 1 aromatic heterocycles. The van der Waals surface area contributed by atoms with E-state index in [4.69, 9.17) is 10.5 Å². The third-order valence-electron chi connectivity index (χ3n) is 3.26. The van der Waals surface area contributed by atoms with Crippen molar-refractivity contribution in [3.05, 3.63) is 17.6 Å². The first kappa shape index (κ1) is 13.2. The Hall–Kier alpha value is -1.20. The third kappa shape index (κ3) is 3.17. The predicted molar refractivity (Wildman–Crippen MR) is 71.7 cm³/mol. The van der Waals surface area contributed by atoms with Gasteiger partial charge in [-0.25, -0.2) is 4.98 Å². The quantitative estimate of drug-likeness (QED) is 0.865. The molecule has 2 rings (SSSR count). The molecule has 1 fully saturated rings. The van der Waals surface area contributed by atoms with Crippen LogP contribution >= 0.6 is 0 Å². The molecule has 0 aliphatic carbocycles. The summed E-state index contributed by atoms with van der Waals surface area (Å²) in [5.74, 6) is 1.02. The highest BCUT2D eigenvalue weighted by Crippen LogP contribution is 2.21. The van der Waals surface area contributed by atoms with Crippen LogP contribution in [-0.2, 0) is 4.74 Å². The van der Waals surface area contributed by atoms with Crippen LogP contribution in [-0.4, -0.2) is 42.3 Å². The van der Waals surface area contributed by atoms with Gasteiger partial charge >= 0.3 is 0 Å². The van der Waals surface area contributed by atoms with Crippen LogP contribution in [0.3, 0.4) is 0 Å². The van der Waals surface area contributed by atoms with Crippen LogP contribution in [0.5, 0.6) is 0 Å². The number of nitrogens with two attached hydrogens (primary N) is 1. The van der Waals surface area contributed by atoms with Crippen molar-refractivity contribution in [3.8, 4) is 0 Å². The lowest BCUT2D eigenvalue weighted by atomic mass is 10.1. The highest BCUT2D eigenvalue weighted by atomic mass is 16.5. The molecule has 1 aliphatic heterocycles. The fourth-order valence-electron chi connectivity index (χ4n) is 2.29. The Kier molecular flexibility index (Phi) is 4.49. The van der Waals surface area contributed by atoms with E-state index < -0.39 is 0 Å². The van der Waals surface area contributed by atoms with Crippen LogP contribution in [0.4, 0.5) is 5.82 Å². The summed E-state index contributed by atoms with van der Waals surface area (Å²) in [6.07, 6.45) is 4.24. The van der Waals surface area contributed by atoms with Gasteiger partial charge in [-0.15, -0.1) is 0 Å². The molecule has 1 aromatic rings. The van der Waals surface area contributed by atoms with E-state index in [1.165, 1.54) is 0 Å². The number of piperidine rings is 1. The summed E-state index contributed by atoms with van der Waals surface area (Å²) in [6, 6.07) is 0. The second-order valence-electron chi connectivity index (χ2n) is 4.77. The molecule has 1 saturated heterocycles. The fourth-order valence-corrected chi connectivity index (χ4v) is 2.29. The number of nitrogens with zero attached hydrogens (tertiary/aromatic N) is 3. The molecule has 0 amide bonds. The van der Waals surface area contributed by atoms with Crippen molar-refractivity contribution in [2.45, 2.75) is 32.8 Å². The number of aromatic nitrogens is 2. The largest absolute Gasteiger partial charge is 0.377 e. The number of rotatable bonds is 4. The molecule has 18 heavy (non-hydrogen) atoms. The van der Waals surface area contributed by atoms with Crippen molar-refractivity contribution in [3.63, 3.8) is 0 Å². The SMILES string of the molecule is Cc1cnc(C)c(N2CCC(OCCN)CC2)n1. The summed E-state index contributed by atoms with van der Waals surface area (Å²) < 4.78 is 5.68. The molecule has 0 atom stereocenters. The van der Waals surface area contributed by atoms with Gasteiger partial charge < -0.3 is 15.4 Å². The topological polar surface area (TPSA) is 64.3 Å². The lowest BCUT2D eigenvalue weighted by Crippen LogP contribution is -2.38.